The third-order valence-corrected chi connectivity index (χ3v) is 3.95. The molecule has 3 heteroatoms. The van der Waals surface area contributed by atoms with Crippen LogP contribution in [0.2, 0.25) is 0 Å². The molecule has 24 heavy (non-hydrogen) atoms. The molecule has 0 saturated heterocycles. The predicted octanol–water partition coefficient (Wildman–Crippen LogP) is 4.36. The fourth-order valence-electron chi connectivity index (χ4n) is 2.84. The molecule has 0 spiro atoms. The van der Waals surface area contributed by atoms with Crippen molar-refractivity contribution in [2.45, 2.75) is 5.92 Å². The van der Waals surface area contributed by atoms with Gasteiger partial charge in [0.1, 0.15) is 6.54 Å². The van der Waals surface area contributed by atoms with Gasteiger partial charge in [0.05, 0.1) is 0 Å². The lowest BCUT2D eigenvalue weighted by atomic mass is 9.85. The number of carbonyl (C=O) groups is 1. The van der Waals surface area contributed by atoms with Crippen LogP contribution in [0.4, 0.5) is 5.69 Å². The molecule has 120 valence electrons. The van der Waals surface area contributed by atoms with Crippen LogP contribution in [0.5, 0.6) is 0 Å². The van der Waals surface area contributed by atoms with E-state index in [4.69, 9.17) is 5.11 Å². The zero-order valence-corrected chi connectivity index (χ0v) is 13.2. The van der Waals surface area contributed by atoms with Crippen molar-refractivity contribution < 1.29 is 9.90 Å². The molecule has 0 fully saturated rings. The summed E-state index contributed by atoms with van der Waals surface area (Å²) in [5.74, 6) is -0.716. The lowest BCUT2D eigenvalue weighted by Gasteiger charge is -2.19. The van der Waals surface area contributed by atoms with Crippen LogP contribution in [-0.4, -0.2) is 17.6 Å². The van der Waals surface area contributed by atoms with Gasteiger partial charge in [-0.1, -0.05) is 72.8 Å². The number of carboxylic acids is 1. The number of nitrogens with one attached hydrogen (secondary N) is 1. The van der Waals surface area contributed by atoms with E-state index in [0.717, 1.165) is 5.69 Å². The maximum Gasteiger partial charge on any atom is 0.322 e. The molecule has 3 aromatic carbocycles. The molecule has 3 aromatic rings. The van der Waals surface area contributed by atoms with Crippen molar-refractivity contribution in [2.75, 3.05) is 11.9 Å². The van der Waals surface area contributed by atoms with Gasteiger partial charge in [0.25, 0.3) is 0 Å². The highest BCUT2D eigenvalue weighted by molar-refractivity contribution is 5.72. The average molecular weight is 317 g/mol. The molecule has 3 rings (SSSR count). The number of benzene rings is 3. The minimum Gasteiger partial charge on any atom is -0.480 e. The number of hydrogen-bond donors (Lipinski definition) is 2. The van der Waals surface area contributed by atoms with E-state index in [1.54, 1.807) is 0 Å². The summed E-state index contributed by atoms with van der Waals surface area (Å²) in [4.78, 5) is 10.7. The number of rotatable bonds is 6. The van der Waals surface area contributed by atoms with Crippen LogP contribution in [0, 0.1) is 0 Å². The number of aliphatic carboxylic acids is 1. The van der Waals surface area contributed by atoms with Gasteiger partial charge in [-0.15, -0.1) is 0 Å². The first-order chi connectivity index (χ1) is 11.7. The van der Waals surface area contributed by atoms with Crippen LogP contribution in [0.25, 0.3) is 0 Å². The molecule has 0 unspecified atom stereocenters. The molecule has 0 aromatic heterocycles. The standard InChI is InChI=1S/C21H19NO2/c23-20(24)15-22-19-13-11-18(12-14-19)21(16-7-3-1-4-8-16)17-9-5-2-6-10-17/h1-14,21-22H,15H2,(H,23,24). The van der Waals surface area contributed by atoms with Crippen molar-refractivity contribution in [3.8, 4) is 0 Å². The Labute approximate surface area is 141 Å². The Morgan fingerprint density at radius 2 is 1.21 bits per heavy atom. The molecule has 0 saturated carbocycles. The summed E-state index contributed by atoms with van der Waals surface area (Å²) in [5.41, 5.74) is 4.44. The molecule has 0 aliphatic heterocycles. The summed E-state index contributed by atoms with van der Waals surface area (Å²) in [5, 5.41) is 11.6. The Balaban J connectivity index is 1.93. The van der Waals surface area contributed by atoms with Gasteiger partial charge in [0.2, 0.25) is 0 Å². The Bertz CT molecular complexity index is 744. The summed E-state index contributed by atoms with van der Waals surface area (Å²) in [6.07, 6.45) is 0. The zero-order valence-electron chi connectivity index (χ0n) is 13.2. The minimum absolute atomic E-state index is 0.0832. The van der Waals surface area contributed by atoms with Crippen molar-refractivity contribution in [3.63, 3.8) is 0 Å². The first-order valence-electron chi connectivity index (χ1n) is 7.89. The van der Waals surface area contributed by atoms with Crippen molar-refractivity contribution >= 4 is 11.7 Å². The summed E-state index contributed by atoms with van der Waals surface area (Å²) in [6.45, 7) is -0.0832. The van der Waals surface area contributed by atoms with Gasteiger partial charge in [-0.25, -0.2) is 0 Å². The van der Waals surface area contributed by atoms with E-state index in [9.17, 15) is 4.79 Å². The fourth-order valence-corrected chi connectivity index (χ4v) is 2.84. The molecule has 3 nitrogen and oxygen atoms in total. The zero-order chi connectivity index (χ0) is 16.8. The van der Waals surface area contributed by atoms with Gasteiger partial charge in [0.15, 0.2) is 0 Å². The first kappa shape index (κ1) is 15.8. The van der Waals surface area contributed by atoms with Crippen molar-refractivity contribution in [1.29, 1.82) is 0 Å². The van der Waals surface area contributed by atoms with E-state index in [-0.39, 0.29) is 12.5 Å². The number of hydrogen-bond acceptors (Lipinski definition) is 2. The first-order valence-corrected chi connectivity index (χ1v) is 7.89. The van der Waals surface area contributed by atoms with Gasteiger partial charge < -0.3 is 10.4 Å². The van der Waals surface area contributed by atoms with E-state index in [0.29, 0.717) is 0 Å². The normalized spacial score (nSPS) is 10.5. The maximum absolute atomic E-state index is 10.7. The van der Waals surface area contributed by atoms with Crippen LogP contribution >= 0.6 is 0 Å². The van der Waals surface area contributed by atoms with Crippen LogP contribution in [-0.2, 0) is 4.79 Å². The van der Waals surface area contributed by atoms with Gasteiger partial charge in [-0.05, 0) is 28.8 Å². The lowest BCUT2D eigenvalue weighted by Crippen LogP contribution is -2.12. The van der Waals surface area contributed by atoms with Crippen molar-refractivity contribution in [2.24, 2.45) is 0 Å². The van der Waals surface area contributed by atoms with Crippen LogP contribution in [0.15, 0.2) is 84.9 Å². The molecule has 0 bridgehead atoms. The quantitative estimate of drug-likeness (QED) is 0.664. The molecule has 0 atom stereocenters. The molecule has 0 aliphatic rings. The summed E-state index contributed by atoms with van der Waals surface area (Å²) in [6, 6.07) is 28.7. The third-order valence-electron chi connectivity index (χ3n) is 3.95. The molecule has 2 N–H and O–H groups in total. The Kier molecular flexibility index (Phi) is 4.92. The Morgan fingerprint density at radius 3 is 1.67 bits per heavy atom. The van der Waals surface area contributed by atoms with E-state index in [2.05, 4.69) is 41.7 Å². The minimum atomic E-state index is -0.870. The number of carboxylic acid groups (broad SMARTS) is 1. The second kappa shape index (κ2) is 7.47. The van der Waals surface area contributed by atoms with E-state index in [1.807, 2.05) is 48.5 Å². The van der Waals surface area contributed by atoms with Crippen LogP contribution in [0.3, 0.4) is 0 Å². The van der Waals surface area contributed by atoms with Crippen LogP contribution < -0.4 is 5.32 Å². The monoisotopic (exact) mass is 317 g/mol. The Morgan fingerprint density at radius 1 is 0.750 bits per heavy atom. The molecular weight excluding hydrogens is 298 g/mol. The smallest absolute Gasteiger partial charge is 0.322 e. The molecule has 0 heterocycles. The van der Waals surface area contributed by atoms with E-state index in [1.165, 1.54) is 16.7 Å². The SMILES string of the molecule is O=C(O)CNc1ccc(C(c2ccccc2)c2ccccc2)cc1. The van der Waals surface area contributed by atoms with Gasteiger partial charge in [-0.2, -0.15) is 0 Å². The van der Waals surface area contributed by atoms with E-state index >= 15 is 0 Å². The van der Waals surface area contributed by atoms with Gasteiger partial charge in [-0.3, -0.25) is 4.79 Å². The van der Waals surface area contributed by atoms with Crippen molar-refractivity contribution in [1.82, 2.24) is 0 Å². The fraction of sp³-hybridized carbons (Fsp3) is 0.0952. The van der Waals surface area contributed by atoms with Crippen LogP contribution in [0.1, 0.15) is 22.6 Å². The highest BCUT2D eigenvalue weighted by Gasteiger charge is 2.16. The average Bonchev–Trinajstić information content (AvgIpc) is 2.63. The summed E-state index contributed by atoms with van der Waals surface area (Å²) >= 11 is 0. The van der Waals surface area contributed by atoms with Gasteiger partial charge in [0, 0.05) is 11.6 Å². The molecular formula is C21H19NO2. The van der Waals surface area contributed by atoms with Gasteiger partial charge >= 0.3 is 5.97 Å². The predicted molar refractivity (Wildman–Crippen MR) is 96.4 cm³/mol. The van der Waals surface area contributed by atoms with E-state index < -0.39 is 5.97 Å². The Hall–Kier alpha value is -3.07. The number of anilines is 1. The highest BCUT2D eigenvalue weighted by atomic mass is 16.4. The lowest BCUT2D eigenvalue weighted by molar-refractivity contribution is -0.134. The van der Waals surface area contributed by atoms with Crippen molar-refractivity contribution in [3.05, 3.63) is 102 Å². The summed E-state index contributed by atoms with van der Waals surface area (Å²) in [7, 11) is 0. The molecule has 0 radical (unpaired) electrons. The second-order valence-corrected chi connectivity index (χ2v) is 5.62. The topological polar surface area (TPSA) is 49.3 Å². The summed E-state index contributed by atoms with van der Waals surface area (Å²) < 4.78 is 0. The second-order valence-electron chi connectivity index (χ2n) is 5.62. The molecule has 0 amide bonds. The largest absolute Gasteiger partial charge is 0.480 e. The molecule has 0 aliphatic carbocycles. The third kappa shape index (κ3) is 3.82. The maximum atomic E-state index is 10.7. The highest BCUT2D eigenvalue weighted by Crippen LogP contribution is 2.32.